The van der Waals surface area contributed by atoms with E-state index in [-0.39, 0.29) is 23.9 Å². The Balaban J connectivity index is 2.35. The third kappa shape index (κ3) is 5.02. The van der Waals surface area contributed by atoms with E-state index in [1.54, 1.807) is 0 Å². The molecule has 0 aromatic heterocycles. The van der Waals surface area contributed by atoms with Gasteiger partial charge in [0, 0.05) is 18.5 Å². The lowest BCUT2D eigenvalue weighted by Crippen LogP contribution is -2.45. The number of rotatable bonds is 5. The summed E-state index contributed by atoms with van der Waals surface area (Å²) in [6, 6.07) is 0.374. The molecule has 1 fully saturated rings. The van der Waals surface area contributed by atoms with Gasteiger partial charge in [-0.1, -0.05) is 13.5 Å². The lowest BCUT2D eigenvalue weighted by molar-refractivity contribution is -0.122. The average molecular weight is 238 g/mol. The Morgan fingerprint density at radius 3 is 2.53 bits per heavy atom. The Kier molecular flexibility index (Phi) is 5.73. The van der Waals surface area contributed by atoms with Crippen molar-refractivity contribution in [2.45, 2.75) is 57.5 Å². The molecule has 2 atom stereocenters. The predicted octanol–water partition coefficient (Wildman–Crippen LogP) is 1.52. The van der Waals surface area contributed by atoms with Crippen LogP contribution >= 0.6 is 0 Å². The number of hydrogen-bond acceptors (Lipinski definition) is 2. The average Bonchev–Trinajstić information content (AvgIpc) is 2.29. The topological polar surface area (TPSA) is 58.2 Å². The van der Waals surface area contributed by atoms with Crippen molar-refractivity contribution in [2.24, 2.45) is 0 Å². The van der Waals surface area contributed by atoms with E-state index in [0.717, 1.165) is 32.1 Å². The van der Waals surface area contributed by atoms with E-state index in [1.807, 2.05) is 6.92 Å². The van der Waals surface area contributed by atoms with Crippen molar-refractivity contribution in [3.05, 3.63) is 12.7 Å². The van der Waals surface area contributed by atoms with Gasteiger partial charge in [0.1, 0.15) is 0 Å². The second-order valence-corrected chi connectivity index (χ2v) is 4.59. The maximum Gasteiger partial charge on any atom is 0.243 e. The maximum atomic E-state index is 11.5. The molecule has 1 saturated carbocycles. The normalized spacial score (nSPS) is 23.8. The standard InChI is InChI=1S/C13H22N2O2/c1-3-6-13(17)15-11-8-5-7-10(9-11)14-12(16)4-2/h4,10-11H,2-3,5-9H2,1H3,(H,14,16)(H,15,17). The number of carbonyl (C=O) groups excluding carboxylic acids is 2. The summed E-state index contributed by atoms with van der Waals surface area (Å²) < 4.78 is 0. The molecule has 4 heteroatoms. The summed E-state index contributed by atoms with van der Waals surface area (Å²) >= 11 is 0. The molecule has 0 radical (unpaired) electrons. The first-order chi connectivity index (χ1) is 8.15. The highest BCUT2D eigenvalue weighted by Gasteiger charge is 2.23. The number of carbonyl (C=O) groups is 2. The lowest BCUT2D eigenvalue weighted by Gasteiger charge is -2.30. The van der Waals surface area contributed by atoms with Crippen LogP contribution in [0.1, 0.15) is 45.4 Å². The van der Waals surface area contributed by atoms with E-state index in [9.17, 15) is 9.59 Å². The van der Waals surface area contributed by atoms with E-state index in [0.29, 0.717) is 6.42 Å². The number of hydrogen-bond donors (Lipinski definition) is 2. The molecule has 0 heterocycles. The van der Waals surface area contributed by atoms with Crippen LogP contribution in [0.25, 0.3) is 0 Å². The molecule has 0 bridgehead atoms. The lowest BCUT2D eigenvalue weighted by atomic mass is 9.91. The highest BCUT2D eigenvalue weighted by molar-refractivity contribution is 5.87. The minimum atomic E-state index is -0.129. The molecule has 0 spiro atoms. The molecule has 17 heavy (non-hydrogen) atoms. The van der Waals surface area contributed by atoms with Crippen LogP contribution < -0.4 is 10.6 Å². The molecule has 1 aliphatic rings. The second-order valence-electron chi connectivity index (χ2n) is 4.59. The first-order valence-electron chi connectivity index (χ1n) is 6.38. The third-order valence-corrected chi connectivity index (χ3v) is 3.05. The zero-order chi connectivity index (χ0) is 12.7. The summed E-state index contributed by atoms with van der Waals surface area (Å²) in [7, 11) is 0. The van der Waals surface area contributed by atoms with Crippen molar-refractivity contribution >= 4 is 11.8 Å². The second kappa shape index (κ2) is 7.09. The summed E-state index contributed by atoms with van der Waals surface area (Å²) in [5.41, 5.74) is 0. The summed E-state index contributed by atoms with van der Waals surface area (Å²) in [6.45, 7) is 5.43. The molecule has 0 aromatic rings. The van der Waals surface area contributed by atoms with E-state index in [4.69, 9.17) is 0 Å². The molecule has 0 saturated heterocycles. The van der Waals surface area contributed by atoms with Gasteiger partial charge in [-0.3, -0.25) is 9.59 Å². The van der Waals surface area contributed by atoms with E-state index in [1.165, 1.54) is 6.08 Å². The van der Waals surface area contributed by atoms with Crippen molar-refractivity contribution in [2.75, 3.05) is 0 Å². The molecule has 2 unspecified atom stereocenters. The molecule has 0 aliphatic heterocycles. The van der Waals surface area contributed by atoms with Gasteiger partial charge < -0.3 is 10.6 Å². The van der Waals surface area contributed by atoms with Gasteiger partial charge in [0.05, 0.1) is 0 Å². The van der Waals surface area contributed by atoms with E-state index < -0.39 is 0 Å². The Morgan fingerprint density at radius 2 is 1.94 bits per heavy atom. The molecule has 96 valence electrons. The Hall–Kier alpha value is -1.32. The highest BCUT2D eigenvalue weighted by Crippen LogP contribution is 2.18. The van der Waals surface area contributed by atoms with Crippen LogP contribution in [0.15, 0.2) is 12.7 Å². The highest BCUT2D eigenvalue weighted by atomic mass is 16.2. The third-order valence-electron chi connectivity index (χ3n) is 3.05. The first-order valence-corrected chi connectivity index (χ1v) is 6.38. The van der Waals surface area contributed by atoms with Crippen LogP contribution in [-0.4, -0.2) is 23.9 Å². The van der Waals surface area contributed by atoms with Gasteiger partial charge in [0.15, 0.2) is 0 Å². The summed E-state index contributed by atoms with van der Waals surface area (Å²) in [4.78, 5) is 22.7. The Bertz CT molecular complexity index is 289. The van der Waals surface area contributed by atoms with Crippen molar-refractivity contribution < 1.29 is 9.59 Å². The van der Waals surface area contributed by atoms with Crippen LogP contribution in [0.5, 0.6) is 0 Å². The quantitative estimate of drug-likeness (QED) is 0.713. The van der Waals surface area contributed by atoms with Crippen LogP contribution in [-0.2, 0) is 9.59 Å². The Morgan fingerprint density at radius 1 is 1.29 bits per heavy atom. The predicted molar refractivity (Wildman–Crippen MR) is 67.4 cm³/mol. The zero-order valence-corrected chi connectivity index (χ0v) is 10.5. The zero-order valence-electron chi connectivity index (χ0n) is 10.5. The molecule has 1 aliphatic carbocycles. The molecular formula is C13H22N2O2. The van der Waals surface area contributed by atoms with Gasteiger partial charge in [0.2, 0.25) is 11.8 Å². The first kappa shape index (κ1) is 13.7. The molecular weight excluding hydrogens is 216 g/mol. The minimum absolute atomic E-state index is 0.119. The summed E-state index contributed by atoms with van der Waals surface area (Å²) in [5, 5.41) is 5.92. The van der Waals surface area contributed by atoms with E-state index in [2.05, 4.69) is 17.2 Å². The monoisotopic (exact) mass is 238 g/mol. The smallest absolute Gasteiger partial charge is 0.243 e. The van der Waals surface area contributed by atoms with E-state index >= 15 is 0 Å². The van der Waals surface area contributed by atoms with Gasteiger partial charge in [-0.05, 0) is 38.2 Å². The van der Waals surface area contributed by atoms with Crippen LogP contribution in [0, 0.1) is 0 Å². The molecule has 4 nitrogen and oxygen atoms in total. The molecule has 2 amide bonds. The Labute approximate surface area is 103 Å². The SMILES string of the molecule is C=CC(=O)NC1CCCC(NC(=O)CCC)C1. The van der Waals surface area contributed by atoms with Gasteiger partial charge in [-0.15, -0.1) is 0 Å². The summed E-state index contributed by atoms with van der Waals surface area (Å²) in [5.74, 6) is -0.0104. The molecule has 2 N–H and O–H groups in total. The van der Waals surface area contributed by atoms with Gasteiger partial charge in [-0.2, -0.15) is 0 Å². The fourth-order valence-corrected chi connectivity index (χ4v) is 2.24. The van der Waals surface area contributed by atoms with Crippen molar-refractivity contribution in [1.82, 2.24) is 10.6 Å². The number of nitrogens with one attached hydrogen (secondary N) is 2. The summed E-state index contributed by atoms with van der Waals surface area (Å²) in [6.07, 6.45) is 6.61. The number of amides is 2. The van der Waals surface area contributed by atoms with Crippen molar-refractivity contribution in [3.8, 4) is 0 Å². The molecule has 0 aromatic carbocycles. The van der Waals surface area contributed by atoms with Crippen molar-refractivity contribution in [3.63, 3.8) is 0 Å². The van der Waals surface area contributed by atoms with Gasteiger partial charge in [-0.25, -0.2) is 0 Å². The van der Waals surface area contributed by atoms with Gasteiger partial charge in [0.25, 0.3) is 0 Å². The largest absolute Gasteiger partial charge is 0.353 e. The maximum absolute atomic E-state index is 11.5. The van der Waals surface area contributed by atoms with Crippen LogP contribution in [0.3, 0.4) is 0 Å². The van der Waals surface area contributed by atoms with Crippen LogP contribution in [0.2, 0.25) is 0 Å². The molecule has 1 rings (SSSR count). The van der Waals surface area contributed by atoms with Gasteiger partial charge >= 0.3 is 0 Å². The van der Waals surface area contributed by atoms with Crippen LogP contribution in [0.4, 0.5) is 0 Å². The minimum Gasteiger partial charge on any atom is -0.353 e. The fraction of sp³-hybridized carbons (Fsp3) is 0.692. The van der Waals surface area contributed by atoms with Crippen molar-refractivity contribution in [1.29, 1.82) is 0 Å². The fourth-order valence-electron chi connectivity index (χ4n) is 2.24.